The van der Waals surface area contributed by atoms with Gasteiger partial charge in [0.2, 0.25) is 0 Å². The van der Waals surface area contributed by atoms with E-state index < -0.39 is 0 Å². The molecule has 0 fully saturated rings. The largest absolute Gasteiger partial charge is 0.319 e. The number of halogens is 1. The molecule has 108 valence electrons. The van der Waals surface area contributed by atoms with E-state index in [1.807, 2.05) is 18.7 Å². The highest BCUT2D eigenvalue weighted by atomic mass is 79.9. The summed E-state index contributed by atoms with van der Waals surface area (Å²) in [4.78, 5) is 0. The maximum Gasteiger partial charge on any atom is 0.0738 e. The van der Waals surface area contributed by atoms with Crippen LogP contribution in [-0.4, -0.2) is 23.4 Å². The Morgan fingerprint density at radius 1 is 1.25 bits per heavy atom. The van der Waals surface area contributed by atoms with Gasteiger partial charge in [-0.3, -0.25) is 4.68 Å². The summed E-state index contributed by atoms with van der Waals surface area (Å²) in [5.74, 6) is 0.539. The number of likely N-dealkylation sites (N-methyl/N-ethyl adjacent to an activating group) is 1. The van der Waals surface area contributed by atoms with Gasteiger partial charge in [-0.05, 0) is 53.9 Å². The van der Waals surface area contributed by atoms with Crippen LogP contribution in [0.5, 0.6) is 0 Å². The molecule has 0 radical (unpaired) electrons. The van der Waals surface area contributed by atoms with Crippen molar-refractivity contribution in [3.8, 4) is 0 Å². The molecule has 3 nitrogen and oxygen atoms in total. The lowest BCUT2D eigenvalue weighted by molar-refractivity contribution is 0.656. The number of aryl methyl sites for hydroxylation is 1. The molecule has 2 aromatic rings. The molecule has 0 amide bonds. The van der Waals surface area contributed by atoms with Crippen molar-refractivity contribution in [1.29, 1.82) is 0 Å². The second-order valence-corrected chi connectivity index (χ2v) is 6.14. The van der Waals surface area contributed by atoms with Gasteiger partial charge in [0.05, 0.1) is 22.4 Å². The van der Waals surface area contributed by atoms with Gasteiger partial charge in [-0.1, -0.05) is 31.2 Å². The van der Waals surface area contributed by atoms with E-state index in [4.69, 9.17) is 0 Å². The molecule has 1 aromatic heterocycles. The van der Waals surface area contributed by atoms with E-state index >= 15 is 0 Å². The van der Waals surface area contributed by atoms with E-state index in [0.29, 0.717) is 5.92 Å². The van der Waals surface area contributed by atoms with E-state index in [0.717, 1.165) is 23.3 Å². The quantitative estimate of drug-likeness (QED) is 0.904. The maximum atomic E-state index is 4.55. The summed E-state index contributed by atoms with van der Waals surface area (Å²) in [7, 11) is 1.99. The minimum Gasteiger partial charge on any atom is -0.319 e. The molecule has 0 bridgehead atoms. The van der Waals surface area contributed by atoms with Crippen molar-refractivity contribution in [2.45, 2.75) is 33.2 Å². The number of hydrogen-bond donors (Lipinski definition) is 1. The average molecular weight is 336 g/mol. The Hall–Kier alpha value is -1.13. The first kappa shape index (κ1) is 15.3. The zero-order chi connectivity index (χ0) is 14.7. The molecule has 0 aliphatic rings. The van der Waals surface area contributed by atoms with Gasteiger partial charge < -0.3 is 5.32 Å². The van der Waals surface area contributed by atoms with Crippen LogP contribution in [0.2, 0.25) is 0 Å². The molecule has 1 aromatic carbocycles. The van der Waals surface area contributed by atoms with Crippen LogP contribution in [0.1, 0.15) is 35.4 Å². The Labute approximate surface area is 129 Å². The number of rotatable bonds is 5. The molecule has 1 heterocycles. The number of nitrogens with zero attached hydrogens (tertiary/aromatic N) is 2. The zero-order valence-electron chi connectivity index (χ0n) is 12.6. The van der Waals surface area contributed by atoms with Gasteiger partial charge in [-0.15, -0.1) is 0 Å². The Morgan fingerprint density at radius 2 is 1.90 bits per heavy atom. The lowest BCUT2D eigenvalue weighted by Gasteiger charge is -2.12. The van der Waals surface area contributed by atoms with Gasteiger partial charge >= 0.3 is 0 Å². The normalized spacial score (nSPS) is 12.7. The van der Waals surface area contributed by atoms with Crippen LogP contribution in [0.4, 0.5) is 0 Å². The highest BCUT2D eigenvalue weighted by molar-refractivity contribution is 9.10. The van der Waals surface area contributed by atoms with Crippen molar-refractivity contribution in [3.63, 3.8) is 0 Å². The van der Waals surface area contributed by atoms with Crippen LogP contribution in [-0.2, 0) is 6.54 Å². The van der Waals surface area contributed by atoms with Gasteiger partial charge in [0.1, 0.15) is 0 Å². The zero-order valence-corrected chi connectivity index (χ0v) is 14.2. The summed E-state index contributed by atoms with van der Waals surface area (Å²) in [5, 5.41) is 7.77. The Balaban J connectivity index is 2.12. The number of hydrogen-bond acceptors (Lipinski definition) is 2. The Kier molecular flexibility index (Phi) is 5.00. The lowest BCUT2D eigenvalue weighted by Crippen LogP contribution is -2.14. The summed E-state index contributed by atoms with van der Waals surface area (Å²) in [6.07, 6.45) is 0. The van der Waals surface area contributed by atoms with Crippen LogP contribution >= 0.6 is 15.9 Å². The summed E-state index contributed by atoms with van der Waals surface area (Å²) in [5.41, 5.74) is 4.87. The number of benzene rings is 1. The fourth-order valence-electron chi connectivity index (χ4n) is 2.38. The first-order valence-electron chi connectivity index (χ1n) is 6.96. The molecule has 1 atom stereocenters. The Bertz CT molecular complexity index is 572. The van der Waals surface area contributed by atoms with E-state index in [2.05, 4.69) is 64.5 Å². The van der Waals surface area contributed by atoms with E-state index in [9.17, 15) is 0 Å². The van der Waals surface area contributed by atoms with E-state index in [-0.39, 0.29) is 0 Å². The van der Waals surface area contributed by atoms with Crippen molar-refractivity contribution < 1.29 is 0 Å². The lowest BCUT2D eigenvalue weighted by atomic mass is 10.00. The van der Waals surface area contributed by atoms with Gasteiger partial charge in [0, 0.05) is 6.54 Å². The highest BCUT2D eigenvalue weighted by Crippen LogP contribution is 2.21. The van der Waals surface area contributed by atoms with Gasteiger partial charge in [-0.2, -0.15) is 5.10 Å². The summed E-state index contributed by atoms with van der Waals surface area (Å²) in [6.45, 7) is 8.18. The first-order chi connectivity index (χ1) is 9.52. The third-order valence-corrected chi connectivity index (χ3v) is 4.83. The SMILES string of the molecule is CNCC(C)c1ccc(Cn2nc(C)c(Br)c2C)cc1. The molecular weight excluding hydrogens is 314 g/mol. The van der Waals surface area contributed by atoms with E-state index in [1.54, 1.807) is 0 Å². The first-order valence-corrected chi connectivity index (χ1v) is 7.75. The standard InChI is InChI=1S/C16H22BrN3/c1-11(9-18-4)15-7-5-14(6-8-15)10-20-13(3)16(17)12(2)19-20/h5-8,11,18H,9-10H2,1-4H3. The van der Waals surface area contributed by atoms with Gasteiger partial charge in [-0.25, -0.2) is 0 Å². The van der Waals surface area contributed by atoms with Crippen LogP contribution in [0.25, 0.3) is 0 Å². The van der Waals surface area contributed by atoms with Crippen molar-refractivity contribution in [1.82, 2.24) is 15.1 Å². The van der Waals surface area contributed by atoms with Crippen molar-refractivity contribution in [2.24, 2.45) is 0 Å². The minimum absolute atomic E-state index is 0.539. The van der Waals surface area contributed by atoms with Crippen LogP contribution in [0, 0.1) is 13.8 Å². The summed E-state index contributed by atoms with van der Waals surface area (Å²) < 4.78 is 3.16. The molecule has 0 saturated heterocycles. The number of nitrogens with one attached hydrogen (secondary N) is 1. The molecule has 0 spiro atoms. The van der Waals surface area contributed by atoms with Crippen molar-refractivity contribution in [2.75, 3.05) is 13.6 Å². The fraction of sp³-hybridized carbons (Fsp3) is 0.438. The fourth-order valence-corrected chi connectivity index (χ4v) is 2.66. The Morgan fingerprint density at radius 3 is 2.40 bits per heavy atom. The van der Waals surface area contributed by atoms with Crippen molar-refractivity contribution in [3.05, 3.63) is 51.3 Å². The van der Waals surface area contributed by atoms with Crippen molar-refractivity contribution >= 4 is 15.9 Å². The molecule has 2 rings (SSSR count). The molecule has 1 unspecified atom stereocenters. The van der Waals surface area contributed by atoms with Crippen LogP contribution in [0.3, 0.4) is 0 Å². The van der Waals surface area contributed by atoms with E-state index in [1.165, 1.54) is 16.8 Å². The molecule has 1 N–H and O–H groups in total. The molecule has 4 heteroatoms. The predicted octanol–water partition coefficient (Wildman–Crippen LogP) is 3.63. The average Bonchev–Trinajstić information content (AvgIpc) is 2.67. The predicted molar refractivity (Wildman–Crippen MR) is 87.3 cm³/mol. The minimum atomic E-state index is 0.539. The molecule has 0 aliphatic heterocycles. The third kappa shape index (κ3) is 3.30. The molecule has 0 saturated carbocycles. The highest BCUT2D eigenvalue weighted by Gasteiger charge is 2.09. The second kappa shape index (κ2) is 6.55. The smallest absolute Gasteiger partial charge is 0.0738 e. The summed E-state index contributed by atoms with van der Waals surface area (Å²) in [6, 6.07) is 8.84. The topological polar surface area (TPSA) is 29.9 Å². The molecule has 20 heavy (non-hydrogen) atoms. The molecule has 0 aliphatic carbocycles. The van der Waals surface area contributed by atoms with Gasteiger partial charge in [0.15, 0.2) is 0 Å². The maximum absolute atomic E-state index is 4.55. The van der Waals surface area contributed by atoms with Crippen LogP contribution < -0.4 is 5.32 Å². The molecular formula is C16H22BrN3. The second-order valence-electron chi connectivity index (χ2n) is 5.34. The van der Waals surface area contributed by atoms with Gasteiger partial charge in [0.25, 0.3) is 0 Å². The number of aromatic nitrogens is 2. The third-order valence-electron chi connectivity index (χ3n) is 3.68. The monoisotopic (exact) mass is 335 g/mol. The summed E-state index contributed by atoms with van der Waals surface area (Å²) >= 11 is 3.57. The van der Waals surface area contributed by atoms with Crippen LogP contribution in [0.15, 0.2) is 28.7 Å².